The first kappa shape index (κ1) is 19.2. The van der Waals surface area contributed by atoms with Crippen molar-refractivity contribution in [3.05, 3.63) is 47.9 Å². The molecular weight excluding hydrogens is 374 g/mol. The maximum Gasteiger partial charge on any atom is 0.317 e. The van der Waals surface area contributed by atoms with Crippen LogP contribution in [0.3, 0.4) is 0 Å². The summed E-state index contributed by atoms with van der Waals surface area (Å²) in [6.07, 6.45) is 2.82. The molecule has 4 rings (SSSR count). The molecule has 1 aromatic heterocycles. The summed E-state index contributed by atoms with van der Waals surface area (Å²) in [7, 11) is 0. The van der Waals surface area contributed by atoms with E-state index in [2.05, 4.69) is 10.6 Å². The van der Waals surface area contributed by atoms with E-state index in [1.807, 2.05) is 31.2 Å². The minimum absolute atomic E-state index is 0.00538. The lowest BCUT2D eigenvalue weighted by molar-refractivity contribution is -0.132. The molecule has 8 heteroatoms. The number of nitrogens with zero attached hydrogens (tertiary/aromatic N) is 1. The number of likely N-dealkylation sites (tertiary alicyclic amines) is 1. The van der Waals surface area contributed by atoms with Gasteiger partial charge >= 0.3 is 6.03 Å². The highest BCUT2D eigenvalue weighted by Gasteiger charge is 2.38. The first-order valence-electron chi connectivity index (χ1n) is 9.75. The van der Waals surface area contributed by atoms with Crippen LogP contribution in [0, 0.1) is 5.41 Å². The van der Waals surface area contributed by atoms with Gasteiger partial charge in [0.25, 0.3) is 0 Å². The standard InChI is InChI=1S/C21H25N3O5/c1-21(19(25)22-12-15-4-5-17-18(11-15)29-14-28-17)6-8-24(9-7-21)20(26)23-13-16-3-2-10-27-16/h2-5,10-11H,6-9,12-14H2,1H3,(H,22,25)(H,23,26). The molecule has 0 bridgehead atoms. The second kappa shape index (κ2) is 8.06. The molecule has 2 aliphatic rings. The lowest BCUT2D eigenvalue weighted by atomic mass is 9.79. The van der Waals surface area contributed by atoms with Crippen molar-refractivity contribution in [3.63, 3.8) is 0 Å². The summed E-state index contributed by atoms with van der Waals surface area (Å²) in [5, 5.41) is 5.87. The van der Waals surface area contributed by atoms with Crippen LogP contribution in [-0.2, 0) is 17.9 Å². The van der Waals surface area contributed by atoms with Crippen molar-refractivity contribution in [3.8, 4) is 11.5 Å². The molecule has 154 valence electrons. The van der Waals surface area contributed by atoms with Gasteiger partial charge < -0.3 is 29.4 Å². The fraction of sp³-hybridized carbons (Fsp3) is 0.429. The summed E-state index contributed by atoms with van der Waals surface area (Å²) in [6.45, 7) is 4.05. The lowest BCUT2D eigenvalue weighted by Crippen LogP contribution is -2.50. The first-order chi connectivity index (χ1) is 14.0. The Balaban J connectivity index is 1.25. The number of furan rings is 1. The van der Waals surface area contributed by atoms with E-state index in [-0.39, 0.29) is 18.7 Å². The third-order valence-corrected chi connectivity index (χ3v) is 5.59. The van der Waals surface area contributed by atoms with Gasteiger partial charge in [-0.2, -0.15) is 0 Å². The molecule has 2 aromatic rings. The van der Waals surface area contributed by atoms with Crippen LogP contribution >= 0.6 is 0 Å². The molecule has 0 spiro atoms. The quantitative estimate of drug-likeness (QED) is 0.806. The van der Waals surface area contributed by atoms with Crippen LogP contribution in [0.2, 0.25) is 0 Å². The van der Waals surface area contributed by atoms with Gasteiger partial charge in [0.2, 0.25) is 12.7 Å². The number of rotatable bonds is 5. The Kier molecular flexibility index (Phi) is 5.33. The SMILES string of the molecule is CC1(C(=O)NCc2ccc3c(c2)OCO3)CCN(C(=O)NCc2ccco2)CC1. The highest BCUT2D eigenvalue weighted by molar-refractivity contribution is 5.83. The first-order valence-corrected chi connectivity index (χ1v) is 9.75. The number of urea groups is 1. The fourth-order valence-corrected chi connectivity index (χ4v) is 3.56. The number of amides is 3. The normalized spacial score (nSPS) is 17.1. The van der Waals surface area contributed by atoms with Gasteiger partial charge in [-0.05, 0) is 42.7 Å². The molecule has 0 saturated carbocycles. The van der Waals surface area contributed by atoms with Crippen LogP contribution in [0.1, 0.15) is 31.1 Å². The highest BCUT2D eigenvalue weighted by atomic mass is 16.7. The number of nitrogens with one attached hydrogen (secondary N) is 2. The predicted octanol–water partition coefficient (Wildman–Crippen LogP) is 2.64. The highest BCUT2D eigenvalue weighted by Crippen LogP contribution is 2.33. The smallest absolute Gasteiger partial charge is 0.317 e. The zero-order chi connectivity index (χ0) is 20.3. The Hall–Kier alpha value is -3.16. The van der Waals surface area contributed by atoms with Gasteiger partial charge in [-0.3, -0.25) is 4.79 Å². The van der Waals surface area contributed by atoms with Crippen LogP contribution in [0.4, 0.5) is 4.79 Å². The summed E-state index contributed by atoms with van der Waals surface area (Å²) in [6, 6.07) is 9.13. The monoisotopic (exact) mass is 399 g/mol. The Morgan fingerprint density at radius 3 is 2.62 bits per heavy atom. The maximum absolute atomic E-state index is 12.8. The second-order valence-electron chi connectivity index (χ2n) is 7.66. The van der Waals surface area contributed by atoms with Crippen LogP contribution in [0.25, 0.3) is 0 Å². The largest absolute Gasteiger partial charge is 0.467 e. The molecule has 3 amide bonds. The van der Waals surface area contributed by atoms with Crippen molar-refractivity contribution >= 4 is 11.9 Å². The average Bonchev–Trinajstić information content (AvgIpc) is 3.42. The van der Waals surface area contributed by atoms with E-state index in [1.165, 1.54) is 0 Å². The van der Waals surface area contributed by atoms with E-state index in [1.54, 1.807) is 17.2 Å². The number of hydrogen-bond acceptors (Lipinski definition) is 5. The number of fused-ring (bicyclic) bond motifs is 1. The van der Waals surface area contributed by atoms with Gasteiger partial charge in [-0.1, -0.05) is 13.0 Å². The summed E-state index contributed by atoms with van der Waals surface area (Å²) >= 11 is 0. The Bertz CT molecular complexity index is 872. The number of benzene rings is 1. The van der Waals surface area contributed by atoms with Crippen LogP contribution < -0.4 is 20.1 Å². The zero-order valence-electron chi connectivity index (χ0n) is 16.4. The van der Waals surface area contributed by atoms with E-state index >= 15 is 0 Å². The summed E-state index contributed by atoms with van der Waals surface area (Å²) < 4.78 is 15.9. The third kappa shape index (κ3) is 4.31. The lowest BCUT2D eigenvalue weighted by Gasteiger charge is -2.38. The predicted molar refractivity (Wildman–Crippen MR) is 104 cm³/mol. The van der Waals surface area contributed by atoms with E-state index < -0.39 is 5.41 Å². The maximum atomic E-state index is 12.8. The minimum Gasteiger partial charge on any atom is -0.467 e. The van der Waals surface area contributed by atoms with Gasteiger partial charge in [-0.25, -0.2) is 4.79 Å². The molecule has 0 atom stereocenters. The Labute approximate surface area is 169 Å². The summed E-state index contributed by atoms with van der Waals surface area (Å²) in [4.78, 5) is 26.9. The summed E-state index contributed by atoms with van der Waals surface area (Å²) in [5.74, 6) is 2.15. The van der Waals surface area contributed by atoms with Gasteiger partial charge in [-0.15, -0.1) is 0 Å². The van der Waals surface area contributed by atoms with Gasteiger partial charge in [0.15, 0.2) is 11.5 Å². The minimum atomic E-state index is -0.492. The van der Waals surface area contributed by atoms with E-state index in [9.17, 15) is 9.59 Å². The molecule has 8 nitrogen and oxygen atoms in total. The van der Waals surface area contributed by atoms with E-state index in [4.69, 9.17) is 13.9 Å². The summed E-state index contributed by atoms with van der Waals surface area (Å²) in [5.41, 5.74) is 0.467. The zero-order valence-corrected chi connectivity index (χ0v) is 16.4. The number of piperidine rings is 1. The second-order valence-corrected chi connectivity index (χ2v) is 7.66. The van der Waals surface area contributed by atoms with Crippen molar-refractivity contribution in [2.45, 2.75) is 32.9 Å². The molecule has 29 heavy (non-hydrogen) atoms. The van der Waals surface area contributed by atoms with Crippen molar-refractivity contribution in [2.24, 2.45) is 5.41 Å². The van der Waals surface area contributed by atoms with Gasteiger partial charge in [0.05, 0.1) is 12.8 Å². The molecule has 2 N–H and O–H groups in total. The molecule has 1 fully saturated rings. The van der Waals surface area contributed by atoms with Crippen LogP contribution in [0.5, 0.6) is 11.5 Å². The fourth-order valence-electron chi connectivity index (χ4n) is 3.56. The molecule has 3 heterocycles. The third-order valence-electron chi connectivity index (χ3n) is 5.59. The molecule has 1 saturated heterocycles. The van der Waals surface area contributed by atoms with E-state index in [0.717, 1.165) is 11.3 Å². The number of hydrogen-bond donors (Lipinski definition) is 2. The molecule has 2 aliphatic heterocycles. The van der Waals surface area contributed by atoms with Crippen molar-refractivity contribution in [1.29, 1.82) is 0 Å². The average molecular weight is 399 g/mol. The van der Waals surface area contributed by atoms with Crippen molar-refractivity contribution in [2.75, 3.05) is 19.9 Å². The topological polar surface area (TPSA) is 93.0 Å². The van der Waals surface area contributed by atoms with Crippen LogP contribution in [-0.4, -0.2) is 36.7 Å². The van der Waals surface area contributed by atoms with Gasteiger partial charge in [0, 0.05) is 25.0 Å². The van der Waals surface area contributed by atoms with Crippen LogP contribution in [0.15, 0.2) is 41.0 Å². The van der Waals surface area contributed by atoms with Crippen molar-refractivity contribution in [1.82, 2.24) is 15.5 Å². The molecular formula is C21H25N3O5. The van der Waals surface area contributed by atoms with Crippen molar-refractivity contribution < 1.29 is 23.5 Å². The van der Waals surface area contributed by atoms with E-state index in [0.29, 0.717) is 50.5 Å². The Morgan fingerprint density at radius 2 is 1.86 bits per heavy atom. The number of carbonyl (C=O) groups excluding carboxylic acids is 2. The number of carbonyl (C=O) groups is 2. The molecule has 0 unspecified atom stereocenters. The molecule has 0 radical (unpaired) electrons. The number of ether oxygens (including phenoxy) is 2. The van der Waals surface area contributed by atoms with Gasteiger partial charge in [0.1, 0.15) is 5.76 Å². The molecule has 1 aromatic carbocycles. The molecule has 0 aliphatic carbocycles. The Morgan fingerprint density at radius 1 is 1.07 bits per heavy atom.